The van der Waals surface area contributed by atoms with Crippen molar-refractivity contribution < 1.29 is 8.42 Å². The van der Waals surface area contributed by atoms with Crippen molar-refractivity contribution in [2.75, 3.05) is 26.2 Å². The summed E-state index contributed by atoms with van der Waals surface area (Å²) in [5, 5.41) is 6.41. The lowest BCUT2D eigenvalue weighted by atomic mass is 10.2. The van der Waals surface area contributed by atoms with Crippen LogP contribution in [0.2, 0.25) is 0 Å². The molecule has 9 nitrogen and oxygen atoms in total. The Labute approximate surface area is 199 Å². The number of hydrogen-bond acceptors (Lipinski definition) is 9. The fraction of sp³-hybridized carbons (Fsp3) is 0.333. The minimum atomic E-state index is -3.58. The number of benzene rings is 1. The van der Waals surface area contributed by atoms with Gasteiger partial charge >= 0.3 is 0 Å². The van der Waals surface area contributed by atoms with Gasteiger partial charge in [-0.05, 0) is 42.7 Å². The Balaban J connectivity index is 1.32. The van der Waals surface area contributed by atoms with E-state index in [0.29, 0.717) is 52.8 Å². The molecule has 172 valence electrons. The molecule has 1 atom stereocenters. The monoisotopic (exact) mass is 502 g/mol. The van der Waals surface area contributed by atoms with Crippen molar-refractivity contribution in [2.45, 2.75) is 17.2 Å². The lowest BCUT2D eigenvalue weighted by molar-refractivity contribution is 0.139. The van der Waals surface area contributed by atoms with Crippen LogP contribution in [0.4, 0.5) is 0 Å². The molecule has 4 aromatic rings. The van der Waals surface area contributed by atoms with E-state index in [2.05, 4.69) is 14.5 Å². The van der Waals surface area contributed by atoms with Gasteiger partial charge in [-0.2, -0.15) is 4.31 Å². The van der Waals surface area contributed by atoms with Crippen molar-refractivity contribution in [1.29, 1.82) is 0 Å². The van der Waals surface area contributed by atoms with E-state index in [1.165, 1.54) is 27.2 Å². The molecular weight excluding hydrogens is 480 g/mol. The number of rotatable bonds is 5. The van der Waals surface area contributed by atoms with Gasteiger partial charge in [0.25, 0.3) is 15.6 Å². The third-order valence-electron chi connectivity index (χ3n) is 6.00. The highest BCUT2D eigenvalue weighted by Crippen LogP contribution is 2.32. The van der Waals surface area contributed by atoms with E-state index in [-0.39, 0.29) is 11.6 Å². The lowest BCUT2D eigenvalue weighted by Crippen LogP contribution is -2.49. The molecule has 5 rings (SSSR count). The first-order valence-electron chi connectivity index (χ1n) is 10.4. The summed E-state index contributed by atoms with van der Waals surface area (Å²) in [6.07, 6.45) is 0. The number of sulfonamides is 1. The van der Waals surface area contributed by atoms with Crippen LogP contribution in [-0.2, 0) is 17.1 Å². The smallest absolute Gasteiger partial charge is 0.261 e. The van der Waals surface area contributed by atoms with Crippen LogP contribution < -0.4 is 5.56 Å². The highest BCUT2D eigenvalue weighted by Gasteiger charge is 2.32. The van der Waals surface area contributed by atoms with Gasteiger partial charge in [-0.15, -0.1) is 16.4 Å². The van der Waals surface area contributed by atoms with Crippen LogP contribution >= 0.6 is 22.9 Å². The highest BCUT2D eigenvalue weighted by atomic mass is 32.2. The summed E-state index contributed by atoms with van der Waals surface area (Å²) in [4.78, 5) is 20.5. The van der Waals surface area contributed by atoms with Gasteiger partial charge in [0.15, 0.2) is 0 Å². The van der Waals surface area contributed by atoms with E-state index >= 15 is 0 Å². The van der Waals surface area contributed by atoms with Crippen LogP contribution in [0, 0.1) is 0 Å². The molecule has 0 radical (unpaired) electrons. The number of piperazine rings is 1. The van der Waals surface area contributed by atoms with E-state index in [0.717, 1.165) is 4.88 Å². The van der Waals surface area contributed by atoms with E-state index < -0.39 is 10.0 Å². The Bertz CT molecular complexity index is 1450. The first kappa shape index (κ1) is 22.3. The predicted molar refractivity (Wildman–Crippen MR) is 129 cm³/mol. The summed E-state index contributed by atoms with van der Waals surface area (Å²) in [7, 11) is -1.84. The second kappa shape index (κ2) is 8.69. The molecule has 0 amide bonds. The summed E-state index contributed by atoms with van der Waals surface area (Å²) in [6.45, 7) is 3.86. The maximum absolute atomic E-state index is 13.2. The minimum absolute atomic E-state index is 0.0764. The zero-order valence-electron chi connectivity index (χ0n) is 18.1. The van der Waals surface area contributed by atoms with Gasteiger partial charge in [0.1, 0.15) is 15.7 Å². The van der Waals surface area contributed by atoms with Gasteiger partial charge in [-0.3, -0.25) is 14.3 Å². The molecule has 1 fully saturated rings. The maximum atomic E-state index is 13.2. The van der Waals surface area contributed by atoms with Crippen LogP contribution in [-0.4, -0.2) is 62.9 Å². The quantitative estimate of drug-likeness (QED) is 0.413. The van der Waals surface area contributed by atoms with Crippen molar-refractivity contribution in [2.24, 2.45) is 7.05 Å². The van der Waals surface area contributed by atoms with E-state index in [1.54, 1.807) is 35.2 Å². The third kappa shape index (κ3) is 4.02. The molecule has 4 heterocycles. The van der Waals surface area contributed by atoms with Gasteiger partial charge in [-0.1, -0.05) is 16.6 Å². The van der Waals surface area contributed by atoms with Gasteiger partial charge in [0.05, 0.1) is 21.8 Å². The summed E-state index contributed by atoms with van der Waals surface area (Å²) in [5.41, 5.74) is 1.29. The Kier molecular flexibility index (Phi) is 5.87. The maximum Gasteiger partial charge on any atom is 0.261 e. The molecule has 0 aliphatic carbocycles. The van der Waals surface area contributed by atoms with E-state index in [9.17, 15) is 13.2 Å². The standard InChI is InChI=1S/C21H22N6O3S3/c1-14(20-22-16-6-4-3-5-15(16)21(28)25(20)2)26-9-11-27(12-10-26)33(29,30)19-8-7-18(32-19)17-13-31-24-23-17/h3-8,13-14H,9-12H2,1-2H3. The van der Waals surface area contributed by atoms with Crippen molar-refractivity contribution in [3.63, 3.8) is 0 Å². The zero-order valence-corrected chi connectivity index (χ0v) is 20.5. The number of fused-ring (bicyclic) bond motifs is 1. The topological polar surface area (TPSA) is 101 Å². The normalized spacial score (nSPS) is 16.9. The average molecular weight is 503 g/mol. The molecule has 1 aliphatic rings. The van der Waals surface area contributed by atoms with Crippen molar-refractivity contribution in [1.82, 2.24) is 28.3 Å². The summed E-state index contributed by atoms with van der Waals surface area (Å²) >= 11 is 2.45. The van der Waals surface area contributed by atoms with E-state index in [1.807, 2.05) is 25.1 Å². The molecular formula is C21H22N6O3S3. The molecule has 0 bridgehead atoms. The molecule has 1 aromatic carbocycles. The summed E-state index contributed by atoms with van der Waals surface area (Å²) in [6, 6.07) is 10.6. The van der Waals surface area contributed by atoms with Crippen LogP contribution in [0.3, 0.4) is 0 Å². The minimum Gasteiger partial charge on any atom is -0.298 e. The number of aromatic nitrogens is 4. The van der Waals surface area contributed by atoms with Gasteiger partial charge in [-0.25, -0.2) is 13.4 Å². The highest BCUT2D eigenvalue weighted by molar-refractivity contribution is 7.91. The molecule has 3 aromatic heterocycles. The SMILES string of the molecule is CC(c1nc2ccccc2c(=O)n1C)N1CCN(S(=O)(=O)c2ccc(-c3csnn3)s2)CC1. The largest absolute Gasteiger partial charge is 0.298 e. The molecule has 1 aliphatic heterocycles. The van der Waals surface area contributed by atoms with Gasteiger partial charge in [0, 0.05) is 38.6 Å². The van der Waals surface area contributed by atoms with Crippen LogP contribution in [0.5, 0.6) is 0 Å². The molecule has 1 saturated heterocycles. The van der Waals surface area contributed by atoms with Crippen LogP contribution in [0.25, 0.3) is 21.5 Å². The molecule has 1 unspecified atom stereocenters. The average Bonchev–Trinajstić information content (AvgIpc) is 3.53. The number of nitrogens with zero attached hydrogens (tertiary/aromatic N) is 6. The molecule has 0 N–H and O–H groups in total. The first-order valence-corrected chi connectivity index (χ1v) is 13.5. The van der Waals surface area contributed by atoms with Crippen LogP contribution in [0.15, 0.2) is 50.8 Å². The Morgan fingerprint density at radius 2 is 1.82 bits per heavy atom. The first-order chi connectivity index (χ1) is 15.9. The summed E-state index contributed by atoms with van der Waals surface area (Å²) in [5.74, 6) is 0.676. The lowest BCUT2D eigenvalue weighted by Gasteiger charge is -2.37. The van der Waals surface area contributed by atoms with Crippen molar-refractivity contribution in [3.05, 3.63) is 58.0 Å². The Morgan fingerprint density at radius 1 is 1.06 bits per heavy atom. The third-order valence-corrected chi connectivity index (χ3v) is 9.98. The number of hydrogen-bond donors (Lipinski definition) is 0. The second-order valence-electron chi connectivity index (χ2n) is 7.88. The predicted octanol–water partition coefficient (Wildman–Crippen LogP) is 2.58. The number of thiophene rings is 1. The Hall–Kier alpha value is -2.51. The second-order valence-corrected chi connectivity index (χ2v) is 11.7. The molecule has 12 heteroatoms. The van der Waals surface area contributed by atoms with Crippen molar-refractivity contribution in [3.8, 4) is 10.6 Å². The van der Waals surface area contributed by atoms with Crippen LogP contribution in [0.1, 0.15) is 18.8 Å². The Morgan fingerprint density at radius 3 is 2.55 bits per heavy atom. The van der Waals surface area contributed by atoms with Gasteiger partial charge in [0.2, 0.25) is 0 Å². The zero-order chi connectivity index (χ0) is 23.2. The van der Waals surface area contributed by atoms with E-state index in [4.69, 9.17) is 4.98 Å². The molecule has 0 saturated carbocycles. The fourth-order valence-electron chi connectivity index (χ4n) is 4.10. The van der Waals surface area contributed by atoms with Gasteiger partial charge < -0.3 is 0 Å². The summed E-state index contributed by atoms with van der Waals surface area (Å²) < 4.78 is 33.7. The number of para-hydroxylation sites is 1. The fourth-order valence-corrected chi connectivity index (χ4v) is 7.47. The molecule has 0 spiro atoms. The molecule has 33 heavy (non-hydrogen) atoms. The van der Waals surface area contributed by atoms with Crippen molar-refractivity contribution >= 4 is 43.8 Å².